The van der Waals surface area contributed by atoms with E-state index in [1.54, 1.807) is 12.1 Å². The number of aromatic nitrogens is 1. The fourth-order valence-electron chi connectivity index (χ4n) is 2.82. The highest BCUT2D eigenvalue weighted by atomic mass is 32.2. The van der Waals surface area contributed by atoms with Crippen LogP contribution < -0.4 is 0 Å². The summed E-state index contributed by atoms with van der Waals surface area (Å²) in [4.78, 5) is 0.391. The maximum Gasteiger partial charge on any atom is 0.185 e. The SMILES string of the molecule is CCn1ccc(C(C(C)(C)C)S(=O)(=O)c2ccc(C)cc2)c1. The fraction of sp³-hybridized carbons (Fsp3) is 0.444. The number of aryl methyl sites for hydroxylation is 2. The van der Waals surface area contributed by atoms with E-state index in [0.717, 1.165) is 17.7 Å². The quantitative estimate of drug-likeness (QED) is 0.839. The van der Waals surface area contributed by atoms with Crippen LogP contribution in [0.5, 0.6) is 0 Å². The molecule has 0 saturated carbocycles. The van der Waals surface area contributed by atoms with Crippen molar-refractivity contribution in [2.24, 2.45) is 5.41 Å². The Labute approximate surface area is 133 Å². The summed E-state index contributed by atoms with van der Waals surface area (Å²) in [5.41, 5.74) is 1.53. The number of nitrogens with zero attached hydrogens (tertiary/aromatic N) is 1. The van der Waals surface area contributed by atoms with Gasteiger partial charge in [0.2, 0.25) is 0 Å². The molecule has 0 amide bonds. The summed E-state index contributed by atoms with van der Waals surface area (Å²) in [5, 5.41) is -0.560. The van der Waals surface area contributed by atoms with Gasteiger partial charge in [-0.15, -0.1) is 0 Å². The minimum absolute atomic E-state index is 0.385. The molecule has 0 aliphatic carbocycles. The molecule has 22 heavy (non-hydrogen) atoms. The third kappa shape index (κ3) is 3.27. The highest BCUT2D eigenvalue weighted by Crippen LogP contribution is 2.42. The molecule has 2 rings (SSSR count). The van der Waals surface area contributed by atoms with Gasteiger partial charge in [0.15, 0.2) is 9.84 Å². The van der Waals surface area contributed by atoms with Gasteiger partial charge < -0.3 is 4.57 Å². The lowest BCUT2D eigenvalue weighted by Crippen LogP contribution is -2.26. The van der Waals surface area contributed by atoms with Gasteiger partial charge in [-0.1, -0.05) is 38.5 Å². The molecule has 0 N–H and O–H groups in total. The summed E-state index contributed by atoms with van der Waals surface area (Å²) >= 11 is 0. The maximum absolute atomic E-state index is 13.2. The zero-order chi connectivity index (χ0) is 16.5. The lowest BCUT2D eigenvalue weighted by molar-refractivity contribution is 0.382. The van der Waals surface area contributed by atoms with Gasteiger partial charge in [-0.2, -0.15) is 0 Å². The second-order valence-electron chi connectivity index (χ2n) is 6.88. The molecule has 0 bridgehead atoms. The van der Waals surface area contributed by atoms with Gasteiger partial charge in [0.1, 0.15) is 0 Å². The monoisotopic (exact) mass is 319 g/mol. The zero-order valence-electron chi connectivity index (χ0n) is 14.0. The molecule has 0 radical (unpaired) electrons. The van der Waals surface area contributed by atoms with Gasteiger partial charge >= 0.3 is 0 Å². The number of sulfone groups is 1. The molecular weight excluding hydrogens is 294 g/mol. The van der Waals surface area contributed by atoms with E-state index in [9.17, 15) is 8.42 Å². The van der Waals surface area contributed by atoms with E-state index in [1.807, 2.05) is 69.8 Å². The van der Waals surface area contributed by atoms with Crippen molar-refractivity contribution in [2.45, 2.75) is 51.3 Å². The van der Waals surface area contributed by atoms with Crippen LogP contribution in [-0.2, 0) is 16.4 Å². The highest BCUT2D eigenvalue weighted by molar-refractivity contribution is 7.91. The van der Waals surface area contributed by atoms with Crippen molar-refractivity contribution in [3.05, 3.63) is 53.9 Å². The van der Waals surface area contributed by atoms with Crippen molar-refractivity contribution >= 4 is 9.84 Å². The molecule has 0 aliphatic heterocycles. The fourth-order valence-corrected chi connectivity index (χ4v) is 5.04. The molecular formula is C18H25NO2S. The lowest BCUT2D eigenvalue weighted by Gasteiger charge is -2.30. The Morgan fingerprint density at radius 3 is 2.14 bits per heavy atom. The van der Waals surface area contributed by atoms with Gasteiger partial charge in [-0.25, -0.2) is 8.42 Å². The number of benzene rings is 1. The molecule has 1 atom stereocenters. The summed E-state index contributed by atoms with van der Waals surface area (Å²) in [6.45, 7) is 10.8. The van der Waals surface area contributed by atoms with Crippen LogP contribution in [0.1, 0.15) is 44.1 Å². The van der Waals surface area contributed by atoms with E-state index < -0.39 is 15.1 Å². The largest absolute Gasteiger partial charge is 0.354 e. The second-order valence-corrected chi connectivity index (χ2v) is 8.91. The van der Waals surface area contributed by atoms with Gasteiger partial charge in [0.25, 0.3) is 0 Å². The number of hydrogen-bond donors (Lipinski definition) is 0. The van der Waals surface area contributed by atoms with Crippen molar-refractivity contribution in [3.8, 4) is 0 Å². The minimum Gasteiger partial charge on any atom is -0.354 e. The van der Waals surface area contributed by atoms with Crippen LogP contribution in [0.15, 0.2) is 47.6 Å². The Kier molecular flexibility index (Phi) is 4.52. The van der Waals surface area contributed by atoms with Crippen molar-refractivity contribution in [2.75, 3.05) is 0 Å². The molecule has 2 aromatic rings. The van der Waals surface area contributed by atoms with Crippen molar-refractivity contribution in [1.29, 1.82) is 0 Å². The maximum atomic E-state index is 13.2. The summed E-state index contributed by atoms with van der Waals surface area (Å²) in [7, 11) is -3.44. The topological polar surface area (TPSA) is 39.1 Å². The van der Waals surface area contributed by atoms with Gasteiger partial charge in [0.05, 0.1) is 10.1 Å². The first-order chi connectivity index (χ1) is 10.2. The Morgan fingerprint density at radius 2 is 1.68 bits per heavy atom. The number of hydrogen-bond acceptors (Lipinski definition) is 2. The molecule has 0 fully saturated rings. The van der Waals surface area contributed by atoms with Gasteiger partial charge in [-0.3, -0.25) is 0 Å². The van der Waals surface area contributed by atoms with Crippen molar-refractivity contribution < 1.29 is 8.42 Å². The zero-order valence-corrected chi connectivity index (χ0v) is 14.8. The normalized spacial score (nSPS) is 14.0. The predicted octanol–water partition coefficient (Wildman–Crippen LogP) is 4.38. The summed E-state index contributed by atoms with van der Waals surface area (Å²) in [5.74, 6) is 0. The average Bonchev–Trinajstić information content (AvgIpc) is 2.85. The average molecular weight is 319 g/mol. The molecule has 1 heterocycles. The van der Waals surface area contributed by atoms with E-state index in [-0.39, 0.29) is 5.41 Å². The van der Waals surface area contributed by atoms with Crippen LogP contribution in [0.3, 0.4) is 0 Å². The summed E-state index contributed by atoms with van der Waals surface area (Å²) in [6, 6.07) is 9.04. The van der Waals surface area contributed by atoms with Crippen LogP contribution in [0.4, 0.5) is 0 Å². The Balaban J connectivity index is 2.56. The van der Waals surface area contributed by atoms with Crippen molar-refractivity contribution in [1.82, 2.24) is 4.57 Å². The van der Waals surface area contributed by atoms with E-state index in [2.05, 4.69) is 0 Å². The minimum atomic E-state index is -3.44. The van der Waals surface area contributed by atoms with Crippen LogP contribution >= 0.6 is 0 Å². The smallest absolute Gasteiger partial charge is 0.185 e. The Bertz CT molecular complexity index is 734. The highest BCUT2D eigenvalue weighted by Gasteiger charge is 2.39. The first-order valence-electron chi connectivity index (χ1n) is 7.62. The van der Waals surface area contributed by atoms with E-state index in [0.29, 0.717) is 4.90 Å². The molecule has 120 valence electrons. The Hall–Kier alpha value is -1.55. The van der Waals surface area contributed by atoms with Gasteiger partial charge in [0, 0.05) is 18.9 Å². The summed E-state index contributed by atoms with van der Waals surface area (Å²) < 4.78 is 28.4. The molecule has 3 nitrogen and oxygen atoms in total. The first-order valence-corrected chi connectivity index (χ1v) is 9.17. The molecule has 0 spiro atoms. The predicted molar refractivity (Wildman–Crippen MR) is 90.7 cm³/mol. The molecule has 1 aromatic heterocycles. The molecule has 4 heteroatoms. The van der Waals surface area contributed by atoms with Crippen LogP contribution in [0.2, 0.25) is 0 Å². The van der Waals surface area contributed by atoms with Crippen molar-refractivity contribution in [3.63, 3.8) is 0 Å². The molecule has 1 unspecified atom stereocenters. The second kappa shape index (κ2) is 5.92. The number of rotatable bonds is 4. The van der Waals surface area contributed by atoms with Gasteiger partial charge in [-0.05, 0) is 43.0 Å². The third-order valence-electron chi connectivity index (χ3n) is 3.89. The first kappa shape index (κ1) is 16.8. The van der Waals surface area contributed by atoms with Crippen LogP contribution in [0, 0.1) is 12.3 Å². The molecule has 0 saturated heterocycles. The molecule has 1 aromatic carbocycles. The Morgan fingerprint density at radius 1 is 1.09 bits per heavy atom. The van der Waals surface area contributed by atoms with E-state index in [4.69, 9.17) is 0 Å². The van der Waals surface area contributed by atoms with E-state index >= 15 is 0 Å². The third-order valence-corrected chi connectivity index (χ3v) is 6.42. The van der Waals surface area contributed by atoms with Crippen LogP contribution in [-0.4, -0.2) is 13.0 Å². The van der Waals surface area contributed by atoms with E-state index in [1.165, 1.54) is 0 Å². The standard InChI is InChI=1S/C18H25NO2S/c1-6-19-12-11-15(13-19)17(18(3,4)5)22(20,21)16-9-7-14(2)8-10-16/h7-13,17H,6H2,1-5H3. The van der Waals surface area contributed by atoms with Crippen LogP contribution in [0.25, 0.3) is 0 Å². The summed E-state index contributed by atoms with van der Waals surface area (Å²) in [6.07, 6.45) is 3.89. The molecule has 0 aliphatic rings. The lowest BCUT2D eigenvalue weighted by atomic mass is 9.88.